The number of nitrogens with zero attached hydrogens (tertiary/aromatic N) is 1. The van der Waals surface area contributed by atoms with E-state index in [4.69, 9.17) is 10.2 Å². The standard InChI is InChI=1S/C10H18N2O4/c1-6(9(14)15)11-10(16)12(2)5-7-3-8(13)4-7/h6-8,13H,3-5H2,1-2H3,(H,11,16)(H,14,15)/t6-,7?,8?/m1/s1. The Hall–Kier alpha value is -1.30. The Morgan fingerprint density at radius 3 is 2.50 bits per heavy atom. The van der Waals surface area contributed by atoms with Crippen molar-refractivity contribution < 1.29 is 19.8 Å². The fraction of sp³-hybridized carbons (Fsp3) is 0.800. The quantitative estimate of drug-likeness (QED) is 0.627. The summed E-state index contributed by atoms with van der Waals surface area (Å²) in [5.41, 5.74) is 0. The van der Waals surface area contributed by atoms with Crippen molar-refractivity contribution in [1.82, 2.24) is 10.2 Å². The summed E-state index contributed by atoms with van der Waals surface area (Å²) in [6.45, 7) is 1.97. The Bertz CT molecular complexity index is 276. The molecule has 0 aromatic rings. The van der Waals surface area contributed by atoms with Crippen LogP contribution in [0.5, 0.6) is 0 Å². The van der Waals surface area contributed by atoms with E-state index in [1.807, 2.05) is 0 Å². The lowest BCUT2D eigenvalue weighted by molar-refractivity contribution is -0.138. The number of aliphatic hydroxyl groups is 1. The lowest BCUT2D eigenvalue weighted by Crippen LogP contribution is -2.48. The fourth-order valence-corrected chi connectivity index (χ4v) is 1.68. The molecule has 6 heteroatoms. The summed E-state index contributed by atoms with van der Waals surface area (Å²) in [6.07, 6.45) is 1.19. The smallest absolute Gasteiger partial charge is 0.325 e. The molecule has 0 bridgehead atoms. The van der Waals surface area contributed by atoms with E-state index >= 15 is 0 Å². The Labute approximate surface area is 94.2 Å². The third kappa shape index (κ3) is 3.37. The maximum absolute atomic E-state index is 11.5. The number of urea groups is 1. The summed E-state index contributed by atoms with van der Waals surface area (Å²) >= 11 is 0. The molecule has 1 saturated carbocycles. The van der Waals surface area contributed by atoms with E-state index in [9.17, 15) is 9.59 Å². The lowest BCUT2D eigenvalue weighted by atomic mass is 9.82. The Balaban J connectivity index is 2.28. The number of carboxylic acid groups (broad SMARTS) is 1. The maximum Gasteiger partial charge on any atom is 0.325 e. The van der Waals surface area contributed by atoms with Crippen LogP contribution in [-0.2, 0) is 4.79 Å². The van der Waals surface area contributed by atoms with Crippen molar-refractivity contribution in [2.24, 2.45) is 5.92 Å². The third-order valence-electron chi connectivity index (χ3n) is 2.80. The Morgan fingerprint density at radius 1 is 1.50 bits per heavy atom. The first-order chi connectivity index (χ1) is 7.40. The summed E-state index contributed by atoms with van der Waals surface area (Å²) in [5, 5.41) is 20.1. The number of aliphatic hydroxyl groups excluding tert-OH is 1. The molecule has 0 aromatic heterocycles. The molecule has 0 spiro atoms. The van der Waals surface area contributed by atoms with Crippen LogP contribution in [0.15, 0.2) is 0 Å². The average Bonchev–Trinajstić information content (AvgIpc) is 2.14. The van der Waals surface area contributed by atoms with Gasteiger partial charge in [0, 0.05) is 13.6 Å². The zero-order chi connectivity index (χ0) is 12.3. The Kier molecular flexibility index (Phi) is 4.12. The van der Waals surface area contributed by atoms with Crippen LogP contribution in [0, 0.1) is 5.92 Å². The highest BCUT2D eigenvalue weighted by atomic mass is 16.4. The van der Waals surface area contributed by atoms with E-state index in [-0.39, 0.29) is 6.10 Å². The van der Waals surface area contributed by atoms with E-state index in [2.05, 4.69) is 5.32 Å². The summed E-state index contributed by atoms with van der Waals surface area (Å²) < 4.78 is 0. The zero-order valence-corrected chi connectivity index (χ0v) is 9.51. The third-order valence-corrected chi connectivity index (χ3v) is 2.80. The first kappa shape index (κ1) is 12.8. The van der Waals surface area contributed by atoms with Gasteiger partial charge >= 0.3 is 12.0 Å². The first-order valence-electron chi connectivity index (χ1n) is 5.32. The van der Waals surface area contributed by atoms with Gasteiger partial charge in [-0.25, -0.2) is 4.79 Å². The topological polar surface area (TPSA) is 89.9 Å². The molecule has 1 fully saturated rings. The summed E-state index contributed by atoms with van der Waals surface area (Å²) in [7, 11) is 1.62. The van der Waals surface area contributed by atoms with E-state index in [1.54, 1.807) is 7.05 Å². The molecule has 92 valence electrons. The monoisotopic (exact) mass is 230 g/mol. The molecule has 1 rings (SSSR count). The van der Waals surface area contributed by atoms with Crippen molar-refractivity contribution in [3.8, 4) is 0 Å². The number of carbonyl (C=O) groups excluding carboxylic acids is 1. The molecule has 6 nitrogen and oxygen atoms in total. The molecular formula is C10H18N2O4. The molecule has 0 radical (unpaired) electrons. The van der Waals surface area contributed by atoms with Crippen LogP contribution in [0.25, 0.3) is 0 Å². The number of aliphatic carboxylic acids is 1. The normalized spacial score (nSPS) is 25.4. The van der Waals surface area contributed by atoms with Gasteiger partial charge in [0.1, 0.15) is 6.04 Å². The molecule has 0 saturated heterocycles. The van der Waals surface area contributed by atoms with Gasteiger partial charge in [0.25, 0.3) is 0 Å². The van der Waals surface area contributed by atoms with Crippen LogP contribution in [-0.4, -0.2) is 52.9 Å². The minimum absolute atomic E-state index is 0.237. The van der Waals surface area contributed by atoms with Gasteiger partial charge in [-0.2, -0.15) is 0 Å². The van der Waals surface area contributed by atoms with Crippen LogP contribution >= 0.6 is 0 Å². The van der Waals surface area contributed by atoms with Crippen molar-refractivity contribution in [3.05, 3.63) is 0 Å². The van der Waals surface area contributed by atoms with Crippen molar-refractivity contribution >= 4 is 12.0 Å². The van der Waals surface area contributed by atoms with Crippen molar-refractivity contribution in [2.45, 2.75) is 31.9 Å². The zero-order valence-electron chi connectivity index (χ0n) is 9.51. The van der Waals surface area contributed by atoms with E-state index in [0.717, 1.165) is 0 Å². The van der Waals surface area contributed by atoms with E-state index in [0.29, 0.717) is 25.3 Å². The van der Waals surface area contributed by atoms with E-state index in [1.165, 1.54) is 11.8 Å². The highest BCUT2D eigenvalue weighted by Crippen LogP contribution is 2.27. The first-order valence-corrected chi connectivity index (χ1v) is 5.32. The van der Waals surface area contributed by atoms with Gasteiger partial charge in [-0.3, -0.25) is 4.79 Å². The summed E-state index contributed by atoms with van der Waals surface area (Å²) in [4.78, 5) is 23.5. The van der Waals surface area contributed by atoms with Crippen LogP contribution in [0.4, 0.5) is 4.79 Å². The van der Waals surface area contributed by atoms with Crippen LogP contribution in [0.2, 0.25) is 0 Å². The number of amides is 2. The number of hydrogen-bond donors (Lipinski definition) is 3. The maximum atomic E-state index is 11.5. The largest absolute Gasteiger partial charge is 0.480 e. The van der Waals surface area contributed by atoms with Gasteiger partial charge in [-0.1, -0.05) is 0 Å². The van der Waals surface area contributed by atoms with Crippen LogP contribution in [0.3, 0.4) is 0 Å². The summed E-state index contributed by atoms with van der Waals surface area (Å²) in [5.74, 6) is -0.730. The molecule has 0 aromatic carbocycles. The molecule has 1 atom stereocenters. The molecule has 0 aliphatic heterocycles. The second kappa shape index (κ2) is 5.16. The minimum Gasteiger partial charge on any atom is -0.480 e. The SMILES string of the molecule is C[C@@H](NC(=O)N(C)CC1CC(O)C1)C(=O)O. The van der Waals surface area contributed by atoms with Crippen molar-refractivity contribution in [3.63, 3.8) is 0 Å². The molecule has 2 amide bonds. The van der Waals surface area contributed by atoms with Gasteiger partial charge < -0.3 is 20.4 Å². The van der Waals surface area contributed by atoms with Crippen LogP contribution in [0.1, 0.15) is 19.8 Å². The van der Waals surface area contributed by atoms with Gasteiger partial charge in [0.15, 0.2) is 0 Å². The predicted molar refractivity (Wildman–Crippen MR) is 57.0 cm³/mol. The highest BCUT2D eigenvalue weighted by molar-refractivity contribution is 5.82. The molecule has 1 aliphatic carbocycles. The lowest BCUT2D eigenvalue weighted by Gasteiger charge is -2.34. The molecule has 16 heavy (non-hydrogen) atoms. The van der Waals surface area contributed by atoms with Gasteiger partial charge in [-0.15, -0.1) is 0 Å². The molecular weight excluding hydrogens is 212 g/mol. The molecule has 0 unspecified atom stereocenters. The molecule has 1 aliphatic rings. The summed E-state index contributed by atoms with van der Waals surface area (Å²) in [6, 6.07) is -1.28. The van der Waals surface area contributed by atoms with Gasteiger partial charge in [-0.05, 0) is 25.7 Å². The van der Waals surface area contributed by atoms with E-state index < -0.39 is 18.0 Å². The number of carbonyl (C=O) groups is 2. The number of rotatable bonds is 4. The number of nitrogens with one attached hydrogen (secondary N) is 1. The number of carboxylic acids is 1. The van der Waals surface area contributed by atoms with Crippen molar-refractivity contribution in [1.29, 1.82) is 0 Å². The second-order valence-corrected chi connectivity index (χ2v) is 4.38. The van der Waals surface area contributed by atoms with Gasteiger partial charge in [0.2, 0.25) is 0 Å². The second-order valence-electron chi connectivity index (χ2n) is 4.38. The minimum atomic E-state index is -1.05. The predicted octanol–water partition coefficient (Wildman–Crippen LogP) is -0.128. The van der Waals surface area contributed by atoms with Crippen molar-refractivity contribution in [2.75, 3.05) is 13.6 Å². The van der Waals surface area contributed by atoms with Crippen LogP contribution < -0.4 is 5.32 Å². The molecule has 3 N–H and O–H groups in total. The average molecular weight is 230 g/mol. The number of hydrogen-bond acceptors (Lipinski definition) is 3. The fourth-order valence-electron chi connectivity index (χ4n) is 1.68. The Morgan fingerprint density at radius 2 is 2.06 bits per heavy atom. The molecule has 0 heterocycles. The highest BCUT2D eigenvalue weighted by Gasteiger charge is 2.29. The van der Waals surface area contributed by atoms with Gasteiger partial charge in [0.05, 0.1) is 6.10 Å².